The van der Waals surface area contributed by atoms with Crippen LogP contribution < -0.4 is 0 Å². The Morgan fingerprint density at radius 2 is 1.74 bits per heavy atom. The van der Waals surface area contributed by atoms with Crippen LogP contribution in [0.25, 0.3) is 10.8 Å². The first-order chi connectivity index (χ1) is 8.65. The third-order valence-corrected chi connectivity index (χ3v) is 2.56. The first kappa shape index (κ1) is 19.0. The van der Waals surface area contributed by atoms with Crippen LogP contribution in [0.2, 0.25) is 0 Å². The first-order valence-electron chi connectivity index (χ1n) is 5.59. The molecule has 2 rings (SSSR count). The van der Waals surface area contributed by atoms with E-state index in [0.717, 1.165) is 17.2 Å². The number of hydrogen-bond donors (Lipinski definition) is 2. The van der Waals surface area contributed by atoms with Gasteiger partial charge in [-0.1, -0.05) is 43.3 Å². The molecule has 0 spiro atoms. The molecule has 0 aliphatic carbocycles. The van der Waals surface area contributed by atoms with Crippen molar-refractivity contribution in [2.24, 2.45) is 0 Å². The quantitative estimate of drug-likeness (QED) is 0.671. The Balaban J connectivity index is 0.000000360. The van der Waals surface area contributed by atoms with Crippen molar-refractivity contribution < 1.29 is 17.7 Å². The molecule has 0 aromatic heterocycles. The fourth-order valence-electron chi connectivity index (χ4n) is 1.37. The second-order valence-corrected chi connectivity index (χ2v) is 4.26. The minimum atomic E-state index is -2.61. The maximum absolute atomic E-state index is 9.57. The van der Waals surface area contributed by atoms with Crippen LogP contribution in [-0.4, -0.2) is 71.5 Å². The van der Waals surface area contributed by atoms with Crippen LogP contribution in [0.3, 0.4) is 0 Å². The number of hydrogen-bond acceptors (Lipinski definition) is 4. The fourth-order valence-corrected chi connectivity index (χ4v) is 1.71. The molecule has 0 aliphatic heterocycles. The average Bonchev–Trinajstić information content (AvgIpc) is 2.38. The summed E-state index contributed by atoms with van der Waals surface area (Å²) in [6.45, 7) is 2.15. The maximum atomic E-state index is 9.57. The third-order valence-electron chi connectivity index (χ3n) is 2.17. The summed E-state index contributed by atoms with van der Waals surface area (Å²) < 4.78 is 23.3. The van der Waals surface area contributed by atoms with E-state index in [0.29, 0.717) is 12.4 Å². The molecule has 6 heteroatoms. The SMILES string of the molecule is CCCO[SH](=O)=O.Oc1cccc2ccccc12.[KH]. The summed E-state index contributed by atoms with van der Waals surface area (Å²) in [5, 5.41) is 11.4. The van der Waals surface area contributed by atoms with Gasteiger partial charge in [0.2, 0.25) is 0 Å². The van der Waals surface area contributed by atoms with Gasteiger partial charge in [0, 0.05) is 5.39 Å². The van der Waals surface area contributed by atoms with E-state index < -0.39 is 11.0 Å². The second-order valence-electron chi connectivity index (χ2n) is 3.56. The molecule has 0 saturated heterocycles. The standard InChI is InChI=1S/C10H8O.C3H8O3S.K.H/c11-10-7-3-5-8-4-1-2-6-9(8)10;1-2-3-6-7(4)5;;/h1-7,11H;7H,2-3H2,1H3;;. The van der Waals surface area contributed by atoms with Crippen LogP contribution in [0.5, 0.6) is 5.75 Å². The molecule has 0 atom stereocenters. The van der Waals surface area contributed by atoms with E-state index in [4.69, 9.17) is 0 Å². The molecule has 0 aliphatic rings. The average molecular weight is 308 g/mol. The predicted octanol–water partition coefficient (Wildman–Crippen LogP) is 1.84. The fraction of sp³-hybridized carbons (Fsp3) is 0.231. The Morgan fingerprint density at radius 3 is 2.26 bits per heavy atom. The van der Waals surface area contributed by atoms with Gasteiger partial charge in [0.15, 0.2) is 0 Å². The third kappa shape index (κ3) is 7.41. The number of fused-ring (bicyclic) bond motifs is 1. The zero-order valence-corrected chi connectivity index (χ0v) is 11.0. The Labute approximate surface area is 157 Å². The molecular weight excluding hydrogens is 291 g/mol. The normalized spacial score (nSPS) is 9.58. The van der Waals surface area contributed by atoms with Gasteiger partial charge in [-0.3, -0.25) is 4.18 Å². The van der Waals surface area contributed by atoms with Gasteiger partial charge in [-0.15, -0.1) is 0 Å². The number of aromatic hydroxyl groups is 1. The molecule has 100 valence electrons. The Bertz CT molecular complexity index is 556. The summed E-state index contributed by atoms with van der Waals surface area (Å²) in [7, 11) is -2.61. The number of thiol groups is 1. The molecule has 0 bridgehead atoms. The molecule has 0 radical (unpaired) electrons. The van der Waals surface area contributed by atoms with E-state index in [1.54, 1.807) is 6.07 Å². The Kier molecular flexibility index (Phi) is 10.8. The molecule has 0 unspecified atom stereocenters. The molecule has 0 fully saturated rings. The molecule has 0 saturated carbocycles. The van der Waals surface area contributed by atoms with Crippen LogP contribution >= 0.6 is 0 Å². The van der Waals surface area contributed by atoms with Crippen LogP contribution in [0, 0.1) is 0 Å². The van der Waals surface area contributed by atoms with Gasteiger partial charge in [0.25, 0.3) is 11.0 Å². The van der Waals surface area contributed by atoms with Crippen LogP contribution in [0.4, 0.5) is 0 Å². The van der Waals surface area contributed by atoms with E-state index >= 15 is 0 Å². The van der Waals surface area contributed by atoms with Gasteiger partial charge in [-0.2, -0.15) is 0 Å². The van der Waals surface area contributed by atoms with E-state index in [1.807, 2.05) is 43.3 Å². The number of rotatable bonds is 3. The number of phenols is 1. The molecular formula is C13H17KO4S. The molecule has 2 aromatic carbocycles. The summed E-state index contributed by atoms with van der Waals surface area (Å²) in [5.41, 5.74) is 0. The van der Waals surface area contributed by atoms with Gasteiger partial charge in [-0.25, -0.2) is 8.42 Å². The second kappa shape index (κ2) is 10.8. The van der Waals surface area contributed by atoms with E-state index in [9.17, 15) is 13.5 Å². The van der Waals surface area contributed by atoms with Crippen molar-refractivity contribution >= 4 is 73.1 Å². The Morgan fingerprint density at radius 1 is 1.11 bits per heavy atom. The monoisotopic (exact) mass is 308 g/mol. The summed E-state index contributed by atoms with van der Waals surface area (Å²) in [6.07, 6.45) is 0.739. The van der Waals surface area contributed by atoms with Crippen LogP contribution in [0.1, 0.15) is 13.3 Å². The van der Waals surface area contributed by atoms with Crippen molar-refractivity contribution in [3.8, 4) is 5.75 Å². The summed E-state index contributed by atoms with van der Waals surface area (Å²) in [5.74, 6) is 0.350. The van der Waals surface area contributed by atoms with E-state index in [2.05, 4.69) is 4.18 Å². The van der Waals surface area contributed by atoms with E-state index in [1.165, 1.54) is 0 Å². The number of phenolic OH excluding ortho intramolecular Hbond substituents is 1. The van der Waals surface area contributed by atoms with Crippen LogP contribution in [0.15, 0.2) is 42.5 Å². The van der Waals surface area contributed by atoms with Crippen molar-refractivity contribution in [1.82, 2.24) is 0 Å². The zero-order valence-electron chi connectivity index (χ0n) is 10.1. The molecule has 0 amide bonds. The van der Waals surface area contributed by atoms with E-state index in [-0.39, 0.29) is 51.4 Å². The first-order valence-corrected chi connectivity index (χ1v) is 6.68. The Hall–Kier alpha value is 0.0464. The van der Waals surface area contributed by atoms with Crippen LogP contribution in [-0.2, 0) is 15.2 Å². The minimum absolute atomic E-state index is 0. The molecule has 2 aromatic rings. The summed E-state index contributed by atoms with van der Waals surface area (Å²) >= 11 is 0. The number of benzene rings is 2. The van der Waals surface area contributed by atoms with Gasteiger partial charge < -0.3 is 5.11 Å². The molecule has 4 nitrogen and oxygen atoms in total. The topological polar surface area (TPSA) is 63.6 Å². The molecule has 0 heterocycles. The molecule has 1 N–H and O–H groups in total. The van der Waals surface area contributed by atoms with Gasteiger partial charge >= 0.3 is 51.4 Å². The predicted molar refractivity (Wildman–Crippen MR) is 79.3 cm³/mol. The van der Waals surface area contributed by atoms with Crippen molar-refractivity contribution in [2.75, 3.05) is 6.61 Å². The van der Waals surface area contributed by atoms with Crippen molar-refractivity contribution in [2.45, 2.75) is 13.3 Å². The van der Waals surface area contributed by atoms with Gasteiger partial charge in [-0.05, 0) is 17.9 Å². The van der Waals surface area contributed by atoms with Gasteiger partial charge in [0.1, 0.15) is 5.75 Å². The zero-order chi connectivity index (χ0) is 13.4. The summed E-state index contributed by atoms with van der Waals surface area (Å²) in [6, 6.07) is 13.3. The van der Waals surface area contributed by atoms with Crippen molar-refractivity contribution in [1.29, 1.82) is 0 Å². The van der Waals surface area contributed by atoms with Crippen molar-refractivity contribution in [3.63, 3.8) is 0 Å². The summed E-state index contributed by atoms with van der Waals surface area (Å²) in [4.78, 5) is 0. The van der Waals surface area contributed by atoms with Crippen molar-refractivity contribution in [3.05, 3.63) is 42.5 Å². The molecule has 19 heavy (non-hydrogen) atoms. The van der Waals surface area contributed by atoms with Gasteiger partial charge in [0.05, 0.1) is 6.61 Å².